The largest absolute Gasteiger partial charge is 0.469 e. The van der Waals surface area contributed by atoms with Crippen LogP contribution in [-0.2, 0) is 32.9 Å². The Labute approximate surface area is 329 Å². The van der Waals surface area contributed by atoms with Gasteiger partial charge in [-0.2, -0.15) is 0 Å². The summed E-state index contributed by atoms with van der Waals surface area (Å²) < 4.78 is 32.1. The van der Waals surface area contributed by atoms with Crippen LogP contribution >= 0.6 is 7.82 Å². The average molecular weight is 783 g/mol. The maximum absolute atomic E-state index is 12.4. The number of epoxide rings is 1. The lowest BCUT2D eigenvalue weighted by Gasteiger charge is -2.18. The highest BCUT2D eigenvalue weighted by atomic mass is 31.2. The molecule has 0 radical (unpaired) electrons. The zero-order chi connectivity index (χ0) is 39.5. The predicted molar refractivity (Wildman–Crippen MR) is 220 cm³/mol. The summed E-state index contributed by atoms with van der Waals surface area (Å²) in [6.07, 6.45) is 41.8. The van der Waals surface area contributed by atoms with E-state index in [9.17, 15) is 14.2 Å². The van der Waals surface area contributed by atoms with Crippen LogP contribution in [0.5, 0.6) is 0 Å². The van der Waals surface area contributed by atoms with Crippen molar-refractivity contribution in [3.63, 3.8) is 0 Å². The summed E-state index contributed by atoms with van der Waals surface area (Å²) in [5, 5.41) is 0. The Morgan fingerprint density at radius 1 is 0.648 bits per heavy atom. The molecule has 0 bridgehead atoms. The first-order valence-corrected chi connectivity index (χ1v) is 23.3. The fraction of sp³-hybridized carbons (Fsp3) is 0.818. The average Bonchev–Trinajstić information content (AvgIpc) is 3.90. The highest BCUT2D eigenvalue weighted by Crippen LogP contribution is 2.36. The summed E-state index contributed by atoms with van der Waals surface area (Å²) in [4.78, 5) is 42.9. The van der Waals surface area contributed by atoms with Gasteiger partial charge in [0.05, 0.1) is 18.8 Å². The molecule has 0 saturated carbocycles. The van der Waals surface area contributed by atoms with Crippen molar-refractivity contribution in [3.05, 3.63) is 36.5 Å². The first kappa shape index (κ1) is 50.2. The first-order valence-electron chi connectivity index (χ1n) is 21.8. The molecule has 1 heterocycles. The second-order valence-corrected chi connectivity index (χ2v) is 16.5. The molecule has 1 aliphatic rings. The highest BCUT2D eigenvalue weighted by Gasteiger charge is 2.36. The van der Waals surface area contributed by atoms with Gasteiger partial charge < -0.3 is 24.0 Å². The van der Waals surface area contributed by atoms with Crippen LogP contribution in [0.3, 0.4) is 0 Å². The number of unbranched alkanes of at least 4 members (excludes halogenated alkanes) is 17. The summed E-state index contributed by atoms with van der Waals surface area (Å²) in [6, 6.07) is 0. The van der Waals surface area contributed by atoms with E-state index in [0.29, 0.717) is 25.0 Å². The summed E-state index contributed by atoms with van der Waals surface area (Å²) in [7, 11) is -4.77. The van der Waals surface area contributed by atoms with E-state index in [1.54, 1.807) is 0 Å². The zero-order valence-corrected chi connectivity index (χ0v) is 35.4. The summed E-state index contributed by atoms with van der Waals surface area (Å²) in [5.41, 5.74) is 0. The maximum Gasteiger partial charge on any atom is 0.469 e. The molecule has 3 unspecified atom stereocenters. The van der Waals surface area contributed by atoms with Gasteiger partial charge in [0, 0.05) is 12.8 Å². The van der Waals surface area contributed by atoms with Gasteiger partial charge in [-0.3, -0.25) is 14.1 Å². The third-order valence-electron chi connectivity index (χ3n) is 10.1. The molecule has 9 nitrogen and oxygen atoms in total. The van der Waals surface area contributed by atoms with E-state index in [1.807, 2.05) is 6.08 Å². The molecule has 0 aliphatic carbocycles. The van der Waals surface area contributed by atoms with Gasteiger partial charge in [0.2, 0.25) is 0 Å². The Balaban J connectivity index is 2.08. The monoisotopic (exact) mass is 783 g/mol. The molecule has 0 aromatic carbocycles. The van der Waals surface area contributed by atoms with E-state index in [1.165, 1.54) is 103 Å². The standard InChI is InChI=1S/C44H79O9P/c1-4-6-7-8-23-28-33-41-42(53-41)34-29-24-19-17-21-26-31-36-44(46)52-40(38-51-54(47,48)49)37-50-43(45)35-30-25-20-16-14-12-10-9-11-13-15-18-22-27-32-39(3)5-2/h17,21,23-24,28-29,39-42H,4-16,18-20,22,25-27,30-38H2,1-3H3,(H2,47,48,49)/b21-17-,28-23-,29-24-/t39?,40-,41?,42?/m1/s1. The van der Waals surface area contributed by atoms with E-state index in [2.05, 4.69) is 55.7 Å². The van der Waals surface area contributed by atoms with Crippen molar-refractivity contribution in [1.29, 1.82) is 0 Å². The molecule has 1 fully saturated rings. The van der Waals surface area contributed by atoms with Gasteiger partial charge in [0.25, 0.3) is 0 Å². The van der Waals surface area contributed by atoms with Crippen molar-refractivity contribution >= 4 is 19.8 Å². The van der Waals surface area contributed by atoms with Crippen molar-refractivity contribution in [2.75, 3.05) is 13.2 Å². The van der Waals surface area contributed by atoms with Crippen LogP contribution in [0.25, 0.3) is 0 Å². The minimum absolute atomic E-state index is 0.132. The SMILES string of the molecule is CCCCC/C=C\CC1OC1C/C=C\C/C=C\CCCC(=O)O[C@H](COC(=O)CCCCCCCCCCCCCCCCC(C)CC)COP(=O)(O)O. The second kappa shape index (κ2) is 34.5. The molecule has 0 aromatic heterocycles. The Bertz CT molecular complexity index is 1050. The molecular formula is C44H79O9P. The number of rotatable bonds is 38. The van der Waals surface area contributed by atoms with Crippen molar-refractivity contribution < 1.29 is 42.7 Å². The maximum atomic E-state index is 12.4. The van der Waals surface area contributed by atoms with Gasteiger partial charge in [0.15, 0.2) is 6.10 Å². The third-order valence-corrected chi connectivity index (χ3v) is 10.6. The molecular weight excluding hydrogens is 703 g/mol. The number of hydrogen-bond acceptors (Lipinski definition) is 7. The van der Waals surface area contributed by atoms with Crippen molar-refractivity contribution in [2.45, 2.75) is 212 Å². The number of phosphoric ester groups is 1. The summed E-state index contributed by atoms with van der Waals surface area (Å²) in [6.45, 7) is 5.99. The van der Waals surface area contributed by atoms with Gasteiger partial charge in [-0.25, -0.2) is 4.57 Å². The number of esters is 2. The fourth-order valence-corrected chi connectivity index (χ4v) is 6.68. The molecule has 10 heteroatoms. The minimum Gasteiger partial charge on any atom is -0.462 e. The molecule has 1 aliphatic heterocycles. The summed E-state index contributed by atoms with van der Waals surface area (Å²) in [5.74, 6) is -0.0717. The number of carbonyl (C=O) groups excluding carboxylic acids is 2. The molecule has 54 heavy (non-hydrogen) atoms. The van der Waals surface area contributed by atoms with Crippen molar-refractivity contribution in [1.82, 2.24) is 0 Å². The quantitative estimate of drug-likeness (QED) is 0.0206. The molecule has 2 N–H and O–H groups in total. The van der Waals surface area contributed by atoms with Crippen LogP contribution in [-0.4, -0.2) is 53.3 Å². The van der Waals surface area contributed by atoms with Crippen LogP contribution < -0.4 is 0 Å². The Morgan fingerprint density at radius 3 is 1.76 bits per heavy atom. The lowest BCUT2D eigenvalue weighted by molar-refractivity contribution is -0.161. The zero-order valence-electron chi connectivity index (χ0n) is 34.5. The van der Waals surface area contributed by atoms with Crippen LogP contribution in [0.1, 0.15) is 194 Å². The van der Waals surface area contributed by atoms with Crippen LogP contribution in [0.4, 0.5) is 0 Å². The van der Waals surface area contributed by atoms with Crippen LogP contribution in [0.15, 0.2) is 36.5 Å². The van der Waals surface area contributed by atoms with Crippen LogP contribution in [0.2, 0.25) is 0 Å². The molecule has 0 aromatic rings. The number of ether oxygens (including phenoxy) is 3. The normalized spacial score (nSPS) is 17.1. The Morgan fingerprint density at radius 2 is 1.17 bits per heavy atom. The Kier molecular flexibility index (Phi) is 32.1. The topological polar surface area (TPSA) is 132 Å². The summed E-state index contributed by atoms with van der Waals surface area (Å²) >= 11 is 0. The number of hydrogen-bond donors (Lipinski definition) is 2. The second-order valence-electron chi connectivity index (χ2n) is 15.3. The lowest BCUT2D eigenvalue weighted by atomic mass is 9.99. The van der Waals surface area contributed by atoms with E-state index in [4.69, 9.17) is 24.0 Å². The molecule has 1 rings (SSSR count). The fourth-order valence-electron chi connectivity index (χ4n) is 6.32. The van der Waals surface area contributed by atoms with E-state index in [-0.39, 0.29) is 19.4 Å². The van der Waals surface area contributed by atoms with Gasteiger partial charge in [-0.05, 0) is 57.3 Å². The Hall–Kier alpha value is -1.77. The number of carbonyl (C=O) groups is 2. The van der Waals surface area contributed by atoms with Crippen molar-refractivity contribution in [2.24, 2.45) is 5.92 Å². The predicted octanol–water partition coefficient (Wildman–Crippen LogP) is 12.2. The van der Waals surface area contributed by atoms with E-state index < -0.39 is 32.5 Å². The first-order chi connectivity index (χ1) is 26.1. The van der Waals surface area contributed by atoms with Crippen molar-refractivity contribution in [3.8, 4) is 0 Å². The van der Waals surface area contributed by atoms with E-state index in [0.717, 1.165) is 50.9 Å². The lowest BCUT2D eigenvalue weighted by Crippen LogP contribution is -2.29. The van der Waals surface area contributed by atoms with Gasteiger partial charge in [-0.1, -0.05) is 166 Å². The van der Waals surface area contributed by atoms with Gasteiger partial charge in [0.1, 0.15) is 6.61 Å². The molecule has 314 valence electrons. The minimum atomic E-state index is -4.77. The van der Waals surface area contributed by atoms with Gasteiger partial charge in [-0.15, -0.1) is 0 Å². The number of phosphoric acid groups is 1. The molecule has 1 saturated heterocycles. The van der Waals surface area contributed by atoms with Gasteiger partial charge >= 0.3 is 19.8 Å². The highest BCUT2D eigenvalue weighted by molar-refractivity contribution is 7.46. The van der Waals surface area contributed by atoms with Crippen LogP contribution in [0, 0.1) is 5.92 Å². The third kappa shape index (κ3) is 33.6. The smallest absolute Gasteiger partial charge is 0.462 e. The van der Waals surface area contributed by atoms with E-state index >= 15 is 0 Å². The number of allylic oxidation sites excluding steroid dienone is 4. The molecule has 0 amide bonds. The molecule has 4 atom stereocenters. The molecule has 0 spiro atoms.